The van der Waals surface area contributed by atoms with Crippen LogP contribution in [-0.2, 0) is 9.53 Å². The van der Waals surface area contributed by atoms with E-state index in [1.165, 1.54) is 6.20 Å². The third-order valence-electron chi connectivity index (χ3n) is 3.38. The van der Waals surface area contributed by atoms with E-state index in [1.807, 2.05) is 6.92 Å². The third-order valence-corrected chi connectivity index (χ3v) is 4.35. The van der Waals surface area contributed by atoms with Crippen LogP contribution in [0.1, 0.15) is 31.1 Å². The van der Waals surface area contributed by atoms with Gasteiger partial charge in [0.25, 0.3) is 0 Å². The predicted octanol–water partition coefficient (Wildman–Crippen LogP) is 2.75. The maximum atomic E-state index is 12.3. The Balaban J connectivity index is 1.97. The number of nitrogen functional groups attached to an aromatic ring is 1. The first-order chi connectivity index (χ1) is 12.9. The molecule has 1 aromatic carbocycles. The predicted molar refractivity (Wildman–Crippen MR) is 104 cm³/mol. The highest BCUT2D eigenvalue weighted by Gasteiger charge is 2.19. The Kier molecular flexibility index (Phi) is 7.42. The van der Waals surface area contributed by atoms with E-state index in [1.54, 1.807) is 38.1 Å². The molecule has 144 valence electrons. The largest absolute Gasteiger partial charge is 0.494 e. The Bertz CT molecular complexity index is 798. The highest BCUT2D eigenvalue weighted by atomic mass is 32.2. The SMILES string of the molecule is CCOC(=O)c1cnc(SC(C)C(=O)Nc2ccc(OCC)cc2)nc1N. The van der Waals surface area contributed by atoms with E-state index < -0.39 is 11.2 Å². The number of amides is 1. The van der Waals surface area contributed by atoms with Gasteiger partial charge in [0.1, 0.15) is 17.1 Å². The standard InChI is InChI=1S/C18H22N4O4S/c1-4-25-13-8-6-12(7-9-13)21-16(23)11(3)27-18-20-10-14(15(19)22-18)17(24)26-5-2/h6-11H,4-5H2,1-3H3,(H,21,23)(H2,19,20,22). The van der Waals surface area contributed by atoms with E-state index in [0.29, 0.717) is 17.5 Å². The first-order valence-electron chi connectivity index (χ1n) is 8.44. The molecule has 1 atom stereocenters. The van der Waals surface area contributed by atoms with Gasteiger partial charge in [-0.1, -0.05) is 11.8 Å². The molecule has 0 spiro atoms. The van der Waals surface area contributed by atoms with Crippen molar-refractivity contribution in [2.45, 2.75) is 31.2 Å². The number of nitrogens with two attached hydrogens (primary N) is 1. The number of ether oxygens (including phenoxy) is 2. The Morgan fingerprint density at radius 3 is 2.52 bits per heavy atom. The van der Waals surface area contributed by atoms with Crippen LogP contribution < -0.4 is 15.8 Å². The van der Waals surface area contributed by atoms with Crippen molar-refractivity contribution in [1.29, 1.82) is 0 Å². The zero-order valence-electron chi connectivity index (χ0n) is 15.4. The lowest BCUT2D eigenvalue weighted by molar-refractivity contribution is -0.115. The van der Waals surface area contributed by atoms with Crippen LogP contribution in [0.4, 0.5) is 11.5 Å². The van der Waals surface area contributed by atoms with E-state index in [9.17, 15) is 9.59 Å². The number of hydrogen-bond donors (Lipinski definition) is 2. The van der Waals surface area contributed by atoms with Gasteiger partial charge in [-0.15, -0.1) is 0 Å². The summed E-state index contributed by atoms with van der Waals surface area (Å²) in [5.74, 6) is -0.0257. The monoisotopic (exact) mass is 390 g/mol. The first-order valence-corrected chi connectivity index (χ1v) is 9.32. The van der Waals surface area contributed by atoms with Gasteiger partial charge in [0, 0.05) is 11.9 Å². The van der Waals surface area contributed by atoms with Crippen LogP contribution in [0.2, 0.25) is 0 Å². The molecule has 0 bridgehead atoms. The molecule has 0 aliphatic carbocycles. The van der Waals surface area contributed by atoms with Gasteiger partial charge in [0.05, 0.1) is 18.5 Å². The van der Waals surface area contributed by atoms with E-state index >= 15 is 0 Å². The summed E-state index contributed by atoms with van der Waals surface area (Å²) in [5, 5.41) is 2.65. The molecule has 1 amide bonds. The van der Waals surface area contributed by atoms with Gasteiger partial charge >= 0.3 is 5.97 Å². The average molecular weight is 390 g/mol. The van der Waals surface area contributed by atoms with Gasteiger partial charge in [-0.3, -0.25) is 4.79 Å². The molecular formula is C18H22N4O4S. The van der Waals surface area contributed by atoms with Gasteiger partial charge in [-0.2, -0.15) is 0 Å². The molecule has 2 rings (SSSR count). The van der Waals surface area contributed by atoms with Crippen molar-refractivity contribution in [3.63, 3.8) is 0 Å². The summed E-state index contributed by atoms with van der Waals surface area (Å²) in [6, 6.07) is 7.11. The molecule has 0 fully saturated rings. The van der Waals surface area contributed by atoms with Crippen LogP contribution in [0.5, 0.6) is 5.75 Å². The molecule has 1 aromatic heterocycles. The van der Waals surface area contributed by atoms with Gasteiger partial charge in [-0.25, -0.2) is 14.8 Å². The number of nitrogens with one attached hydrogen (secondary N) is 1. The quantitative estimate of drug-likeness (QED) is 0.401. The molecule has 9 heteroatoms. The molecule has 3 N–H and O–H groups in total. The van der Waals surface area contributed by atoms with E-state index in [2.05, 4.69) is 15.3 Å². The Labute approximate surface area is 161 Å². The minimum absolute atomic E-state index is 0.0186. The van der Waals surface area contributed by atoms with Crippen molar-refractivity contribution in [3.05, 3.63) is 36.0 Å². The molecule has 0 aliphatic rings. The Morgan fingerprint density at radius 1 is 1.22 bits per heavy atom. The number of benzene rings is 1. The molecule has 0 saturated carbocycles. The van der Waals surface area contributed by atoms with Crippen molar-refractivity contribution in [2.24, 2.45) is 0 Å². The van der Waals surface area contributed by atoms with Gasteiger partial charge in [-0.05, 0) is 45.0 Å². The summed E-state index contributed by atoms with van der Waals surface area (Å²) >= 11 is 1.14. The molecule has 0 radical (unpaired) electrons. The maximum Gasteiger partial charge on any atom is 0.343 e. The molecule has 8 nitrogen and oxygen atoms in total. The average Bonchev–Trinajstić information content (AvgIpc) is 2.63. The van der Waals surface area contributed by atoms with Crippen LogP contribution in [0.3, 0.4) is 0 Å². The number of carbonyl (C=O) groups excluding carboxylic acids is 2. The van der Waals surface area contributed by atoms with Crippen molar-refractivity contribution >= 4 is 35.1 Å². The fourth-order valence-electron chi connectivity index (χ4n) is 2.06. The van der Waals surface area contributed by atoms with Crippen LogP contribution in [0.15, 0.2) is 35.6 Å². The van der Waals surface area contributed by atoms with Crippen molar-refractivity contribution in [1.82, 2.24) is 9.97 Å². The number of nitrogens with zero attached hydrogens (tertiary/aromatic N) is 2. The second-order valence-electron chi connectivity index (χ2n) is 5.38. The lowest BCUT2D eigenvalue weighted by Gasteiger charge is -2.12. The zero-order chi connectivity index (χ0) is 19.8. The molecular weight excluding hydrogens is 368 g/mol. The van der Waals surface area contributed by atoms with Crippen LogP contribution in [-0.4, -0.2) is 40.3 Å². The van der Waals surface area contributed by atoms with Gasteiger partial charge < -0.3 is 20.5 Å². The minimum Gasteiger partial charge on any atom is -0.494 e. The van der Waals surface area contributed by atoms with Gasteiger partial charge in [0.2, 0.25) is 5.91 Å². The summed E-state index contributed by atoms with van der Waals surface area (Å²) in [4.78, 5) is 32.2. The molecule has 2 aromatic rings. The topological polar surface area (TPSA) is 116 Å². The molecule has 1 heterocycles. The lowest BCUT2D eigenvalue weighted by Crippen LogP contribution is -2.22. The number of carbonyl (C=O) groups is 2. The number of hydrogen-bond acceptors (Lipinski definition) is 8. The Hall–Kier alpha value is -2.81. The van der Waals surface area contributed by atoms with Crippen LogP contribution >= 0.6 is 11.8 Å². The van der Waals surface area contributed by atoms with Gasteiger partial charge in [0.15, 0.2) is 5.16 Å². The fourth-order valence-corrected chi connectivity index (χ4v) is 2.80. The van der Waals surface area contributed by atoms with E-state index in [4.69, 9.17) is 15.2 Å². The number of rotatable bonds is 8. The normalized spacial score (nSPS) is 11.5. The third kappa shape index (κ3) is 5.85. The summed E-state index contributed by atoms with van der Waals surface area (Å²) in [7, 11) is 0. The summed E-state index contributed by atoms with van der Waals surface area (Å²) in [6.45, 7) is 6.15. The van der Waals surface area contributed by atoms with Crippen molar-refractivity contribution in [2.75, 3.05) is 24.3 Å². The fraction of sp³-hybridized carbons (Fsp3) is 0.333. The summed E-state index contributed by atoms with van der Waals surface area (Å²) < 4.78 is 10.2. The zero-order valence-corrected chi connectivity index (χ0v) is 16.2. The smallest absolute Gasteiger partial charge is 0.343 e. The summed E-state index contributed by atoms with van der Waals surface area (Å²) in [5.41, 5.74) is 6.55. The number of thioether (sulfide) groups is 1. The minimum atomic E-state index is -0.576. The molecule has 0 saturated heterocycles. The molecule has 27 heavy (non-hydrogen) atoms. The second-order valence-corrected chi connectivity index (χ2v) is 6.69. The highest BCUT2D eigenvalue weighted by Crippen LogP contribution is 2.23. The second kappa shape index (κ2) is 9.77. The number of esters is 1. The van der Waals surface area contributed by atoms with Crippen LogP contribution in [0.25, 0.3) is 0 Å². The number of anilines is 2. The number of aromatic nitrogens is 2. The van der Waals surface area contributed by atoms with Crippen LogP contribution in [0, 0.1) is 0 Å². The van der Waals surface area contributed by atoms with Crippen molar-refractivity contribution < 1.29 is 19.1 Å². The molecule has 1 unspecified atom stereocenters. The molecule has 0 aliphatic heterocycles. The van der Waals surface area contributed by atoms with E-state index in [-0.39, 0.29) is 23.9 Å². The van der Waals surface area contributed by atoms with Crippen molar-refractivity contribution in [3.8, 4) is 5.75 Å². The maximum absolute atomic E-state index is 12.3. The first kappa shape index (κ1) is 20.5. The Morgan fingerprint density at radius 2 is 1.93 bits per heavy atom. The summed E-state index contributed by atoms with van der Waals surface area (Å²) in [6.07, 6.45) is 1.31. The lowest BCUT2D eigenvalue weighted by atomic mass is 10.3. The highest BCUT2D eigenvalue weighted by molar-refractivity contribution is 8.00. The van der Waals surface area contributed by atoms with E-state index in [0.717, 1.165) is 17.5 Å².